The van der Waals surface area contributed by atoms with Gasteiger partial charge in [0.25, 0.3) is 0 Å². The van der Waals surface area contributed by atoms with E-state index < -0.39 is 0 Å². The highest BCUT2D eigenvalue weighted by molar-refractivity contribution is 4.95. The fourth-order valence-corrected chi connectivity index (χ4v) is 2.84. The lowest BCUT2D eigenvalue weighted by Crippen LogP contribution is -2.36. The summed E-state index contributed by atoms with van der Waals surface area (Å²) in [5, 5.41) is 3.74. The van der Waals surface area contributed by atoms with Crippen molar-refractivity contribution < 1.29 is 0 Å². The van der Waals surface area contributed by atoms with Gasteiger partial charge in [-0.3, -0.25) is 0 Å². The van der Waals surface area contributed by atoms with Crippen molar-refractivity contribution in [1.29, 1.82) is 0 Å². The number of fused-ring (bicyclic) bond motifs is 1. The van der Waals surface area contributed by atoms with E-state index in [-0.39, 0.29) is 0 Å². The van der Waals surface area contributed by atoms with Crippen LogP contribution in [0.25, 0.3) is 0 Å². The lowest BCUT2D eigenvalue weighted by molar-refractivity contribution is 0.346. The first-order valence-corrected chi connectivity index (χ1v) is 5.16. The molecule has 2 rings (SSSR count). The lowest BCUT2D eigenvalue weighted by Gasteiger charge is -2.17. The molecule has 2 aliphatic rings. The van der Waals surface area contributed by atoms with Crippen molar-refractivity contribution in [2.75, 3.05) is 20.6 Å². The summed E-state index contributed by atoms with van der Waals surface area (Å²) in [4.78, 5) is 2.29. The number of nitrogens with zero attached hydrogens (tertiary/aromatic N) is 1. The summed E-state index contributed by atoms with van der Waals surface area (Å²) >= 11 is 0. The molecule has 1 aliphatic heterocycles. The Morgan fingerprint density at radius 2 is 2.17 bits per heavy atom. The summed E-state index contributed by atoms with van der Waals surface area (Å²) in [5.41, 5.74) is 0. The molecule has 1 aliphatic carbocycles. The minimum Gasteiger partial charge on any atom is -0.310 e. The van der Waals surface area contributed by atoms with Crippen LogP contribution in [0.15, 0.2) is 0 Å². The standard InChI is InChI=1S/C10H20N2/c1-12(2)7-9-6-8-4-3-5-10(8)11-9/h8-11H,3-7H2,1-2H3. The highest BCUT2D eigenvalue weighted by Gasteiger charge is 2.36. The number of likely N-dealkylation sites (N-methyl/N-ethyl adjacent to an activating group) is 1. The molecule has 1 saturated carbocycles. The number of nitrogens with one attached hydrogen (secondary N) is 1. The second-order valence-electron chi connectivity index (χ2n) is 4.66. The van der Waals surface area contributed by atoms with Crippen LogP contribution in [-0.4, -0.2) is 37.6 Å². The Bertz CT molecular complexity index is 144. The van der Waals surface area contributed by atoms with Crippen molar-refractivity contribution in [2.24, 2.45) is 5.92 Å². The molecule has 2 fully saturated rings. The second kappa shape index (κ2) is 3.35. The van der Waals surface area contributed by atoms with Gasteiger partial charge in [0.15, 0.2) is 0 Å². The van der Waals surface area contributed by atoms with Gasteiger partial charge < -0.3 is 10.2 Å². The van der Waals surface area contributed by atoms with Crippen molar-refractivity contribution in [3.63, 3.8) is 0 Å². The molecule has 1 N–H and O–H groups in total. The Morgan fingerprint density at radius 1 is 1.33 bits per heavy atom. The van der Waals surface area contributed by atoms with Crippen LogP contribution in [0.3, 0.4) is 0 Å². The lowest BCUT2D eigenvalue weighted by atomic mass is 10.0. The second-order valence-corrected chi connectivity index (χ2v) is 4.66. The van der Waals surface area contributed by atoms with Crippen LogP contribution < -0.4 is 5.32 Å². The first-order valence-electron chi connectivity index (χ1n) is 5.16. The quantitative estimate of drug-likeness (QED) is 0.663. The average Bonchev–Trinajstić information content (AvgIpc) is 2.43. The third-order valence-electron chi connectivity index (χ3n) is 3.28. The summed E-state index contributed by atoms with van der Waals surface area (Å²) in [6.07, 6.45) is 5.77. The monoisotopic (exact) mass is 168 g/mol. The molecule has 2 heteroatoms. The van der Waals surface area contributed by atoms with Crippen LogP contribution >= 0.6 is 0 Å². The largest absolute Gasteiger partial charge is 0.310 e. The van der Waals surface area contributed by atoms with Crippen molar-refractivity contribution in [3.8, 4) is 0 Å². The van der Waals surface area contributed by atoms with Crippen LogP contribution in [0.4, 0.5) is 0 Å². The van der Waals surface area contributed by atoms with Gasteiger partial charge >= 0.3 is 0 Å². The maximum atomic E-state index is 3.74. The van der Waals surface area contributed by atoms with Gasteiger partial charge in [-0.1, -0.05) is 6.42 Å². The minimum atomic E-state index is 0.773. The Balaban J connectivity index is 1.82. The number of hydrogen-bond acceptors (Lipinski definition) is 2. The zero-order valence-corrected chi connectivity index (χ0v) is 8.21. The van der Waals surface area contributed by atoms with Crippen LogP contribution in [0.5, 0.6) is 0 Å². The third-order valence-corrected chi connectivity index (χ3v) is 3.28. The van der Waals surface area contributed by atoms with Crippen LogP contribution in [0.1, 0.15) is 25.7 Å². The normalized spacial score (nSPS) is 40.8. The maximum Gasteiger partial charge on any atom is 0.0200 e. The Hall–Kier alpha value is -0.0800. The molecule has 0 bridgehead atoms. The first kappa shape index (κ1) is 8.52. The average molecular weight is 168 g/mol. The van der Waals surface area contributed by atoms with Gasteiger partial charge in [-0.05, 0) is 39.3 Å². The van der Waals surface area contributed by atoms with E-state index in [1.807, 2.05) is 0 Å². The van der Waals surface area contributed by atoms with Crippen molar-refractivity contribution in [1.82, 2.24) is 10.2 Å². The van der Waals surface area contributed by atoms with E-state index in [1.54, 1.807) is 0 Å². The summed E-state index contributed by atoms with van der Waals surface area (Å²) in [5.74, 6) is 1.01. The van der Waals surface area contributed by atoms with Crippen LogP contribution in [-0.2, 0) is 0 Å². The van der Waals surface area contributed by atoms with E-state index in [4.69, 9.17) is 0 Å². The van der Waals surface area contributed by atoms with Crippen molar-refractivity contribution in [3.05, 3.63) is 0 Å². The van der Waals surface area contributed by atoms with E-state index in [2.05, 4.69) is 24.3 Å². The predicted molar refractivity (Wildman–Crippen MR) is 51.2 cm³/mol. The molecular weight excluding hydrogens is 148 g/mol. The zero-order valence-electron chi connectivity index (χ0n) is 8.21. The van der Waals surface area contributed by atoms with Gasteiger partial charge in [-0.15, -0.1) is 0 Å². The SMILES string of the molecule is CN(C)CC1CC2CCCC2N1. The van der Waals surface area contributed by atoms with Crippen molar-refractivity contribution >= 4 is 0 Å². The van der Waals surface area contributed by atoms with Gasteiger partial charge in [0.2, 0.25) is 0 Å². The number of rotatable bonds is 2. The fourth-order valence-electron chi connectivity index (χ4n) is 2.84. The van der Waals surface area contributed by atoms with Crippen molar-refractivity contribution in [2.45, 2.75) is 37.8 Å². The molecule has 0 amide bonds. The van der Waals surface area contributed by atoms with Crippen LogP contribution in [0, 0.1) is 5.92 Å². The van der Waals surface area contributed by atoms with E-state index in [0.717, 1.165) is 18.0 Å². The topological polar surface area (TPSA) is 15.3 Å². The molecule has 0 aromatic rings. The Labute approximate surface area is 75.3 Å². The van der Waals surface area contributed by atoms with Gasteiger partial charge in [0.05, 0.1) is 0 Å². The Morgan fingerprint density at radius 3 is 2.83 bits per heavy atom. The van der Waals surface area contributed by atoms with Gasteiger partial charge in [-0.25, -0.2) is 0 Å². The molecule has 0 aromatic carbocycles. The maximum absolute atomic E-state index is 3.74. The smallest absolute Gasteiger partial charge is 0.0200 e. The molecule has 12 heavy (non-hydrogen) atoms. The first-order chi connectivity index (χ1) is 5.75. The van der Waals surface area contributed by atoms with E-state index in [9.17, 15) is 0 Å². The molecule has 3 atom stereocenters. The zero-order chi connectivity index (χ0) is 8.55. The highest BCUT2D eigenvalue weighted by Crippen LogP contribution is 2.34. The molecule has 2 nitrogen and oxygen atoms in total. The van der Waals surface area contributed by atoms with Crippen LogP contribution in [0.2, 0.25) is 0 Å². The Kier molecular flexibility index (Phi) is 2.37. The third kappa shape index (κ3) is 1.64. The fraction of sp³-hybridized carbons (Fsp3) is 1.00. The summed E-state index contributed by atoms with van der Waals surface area (Å²) in [6.45, 7) is 1.22. The minimum absolute atomic E-state index is 0.773. The molecule has 1 heterocycles. The number of hydrogen-bond donors (Lipinski definition) is 1. The molecule has 70 valence electrons. The molecule has 3 unspecified atom stereocenters. The van der Waals surface area contributed by atoms with E-state index in [1.165, 1.54) is 32.2 Å². The molecule has 0 aromatic heterocycles. The molecular formula is C10H20N2. The summed E-state index contributed by atoms with van der Waals surface area (Å²) < 4.78 is 0. The predicted octanol–water partition coefficient (Wildman–Crippen LogP) is 1.08. The molecule has 1 saturated heterocycles. The summed E-state index contributed by atoms with van der Waals surface area (Å²) in [6, 6.07) is 1.64. The van der Waals surface area contributed by atoms with Gasteiger partial charge in [0, 0.05) is 18.6 Å². The summed E-state index contributed by atoms with van der Waals surface area (Å²) in [7, 11) is 4.32. The van der Waals surface area contributed by atoms with E-state index in [0.29, 0.717) is 0 Å². The van der Waals surface area contributed by atoms with Gasteiger partial charge in [-0.2, -0.15) is 0 Å². The van der Waals surface area contributed by atoms with E-state index >= 15 is 0 Å². The molecule has 0 radical (unpaired) electrons. The van der Waals surface area contributed by atoms with Gasteiger partial charge in [0.1, 0.15) is 0 Å². The highest BCUT2D eigenvalue weighted by atomic mass is 15.1. The molecule has 0 spiro atoms.